The van der Waals surface area contributed by atoms with Gasteiger partial charge in [0.15, 0.2) is 0 Å². The molecule has 2 rings (SSSR count). The molecule has 0 aromatic heterocycles. The minimum atomic E-state index is -3.59. The van der Waals surface area contributed by atoms with E-state index in [-0.39, 0.29) is 16.8 Å². The van der Waals surface area contributed by atoms with Crippen molar-refractivity contribution in [1.29, 1.82) is 0 Å². The molecule has 1 aromatic carbocycles. The molecule has 0 radical (unpaired) electrons. The van der Waals surface area contributed by atoms with Gasteiger partial charge < -0.3 is 10.1 Å². The van der Waals surface area contributed by atoms with Gasteiger partial charge >= 0.3 is 0 Å². The molecule has 1 aromatic rings. The van der Waals surface area contributed by atoms with E-state index in [4.69, 9.17) is 4.74 Å². The molecule has 1 fully saturated rings. The van der Waals surface area contributed by atoms with Gasteiger partial charge in [-0.3, -0.25) is 9.69 Å². The van der Waals surface area contributed by atoms with Crippen LogP contribution in [-0.2, 0) is 19.6 Å². The van der Waals surface area contributed by atoms with Crippen LogP contribution in [0.2, 0.25) is 0 Å². The van der Waals surface area contributed by atoms with Gasteiger partial charge in [0.25, 0.3) is 0 Å². The number of amides is 1. The Balaban J connectivity index is 2.02. The van der Waals surface area contributed by atoms with Crippen molar-refractivity contribution in [3.63, 3.8) is 0 Å². The minimum absolute atomic E-state index is 0.123. The lowest BCUT2D eigenvalue weighted by molar-refractivity contribution is -0.114. The van der Waals surface area contributed by atoms with Crippen molar-refractivity contribution >= 4 is 21.6 Å². The van der Waals surface area contributed by atoms with Crippen LogP contribution in [-0.4, -0.2) is 58.1 Å². The molecule has 1 aliphatic rings. The number of carbonyl (C=O) groups is 1. The van der Waals surface area contributed by atoms with E-state index in [0.29, 0.717) is 31.4 Å². The molecule has 1 unspecified atom stereocenters. The highest BCUT2D eigenvalue weighted by Crippen LogP contribution is 2.16. The monoisotopic (exact) mass is 369 g/mol. The van der Waals surface area contributed by atoms with Crippen LogP contribution in [0.4, 0.5) is 5.69 Å². The summed E-state index contributed by atoms with van der Waals surface area (Å²) in [6.45, 7) is 8.94. The molecule has 8 heteroatoms. The van der Waals surface area contributed by atoms with Crippen molar-refractivity contribution in [1.82, 2.24) is 9.62 Å². The maximum atomic E-state index is 12.5. The Kier molecular flexibility index (Phi) is 6.95. The summed E-state index contributed by atoms with van der Waals surface area (Å²) in [7, 11) is -3.59. The van der Waals surface area contributed by atoms with Gasteiger partial charge in [0, 0.05) is 38.3 Å². The SMILES string of the molecule is CC(=O)Nc1ccc(S(=O)(=O)NCC(C(C)C)N2CCOCC2)cc1. The van der Waals surface area contributed by atoms with Crippen molar-refractivity contribution in [3.05, 3.63) is 24.3 Å². The third kappa shape index (κ3) is 5.78. The fourth-order valence-electron chi connectivity index (χ4n) is 2.89. The molecule has 140 valence electrons. The fourth-order valence-corrected chi connectivity index (χ4v) is 3.95. The largest absolute Gasteiger partial charge is 0.379 e. The standard InChI is InChI=1S/C17H27N3O4S/c1-13(2)17(20-8-10-24-11-9-20)12-18-25(22,23)16-6-4-15(5-7-16)19-14(3)21/h4-7,13,17-18H,8-12H2,1-3H3,(H,19,21). The third-order valence-corrected chi connectivity index (χ3v) is 5.69. The van der Waals surface area contributed by atoms with E-state index < -0.39 is 10.0 Å². The Labute approximate surface area is 149 Å². The molecule has 1 aliphatic heterocycles. The highest BCUT2D eigenvalue weighted by atomic mass is 32.2. The molecule has 0 aliphatic carbocycles. The van der Waals surface area contributed by atoms with E-state index >= 15 is 0 Å². The minimum Gasteiger partial charge on any atom is -0.379 e. The summed E-state index contributed by atoms with van der Waals surface area (Å²) in [5.74, 6) is 0.127. The Morgan fingerprint density at radius 3 is 2.32 bits per heavy atom. The van der Waals surface area contributed by atoms with Gasteiger partial charge in [-0.2, -0.15) is 0 Å². The first-order chi connectivity index (χ1) is 11.8. The van der Waals surface area contributed by atoms with Gasteiger partial charge in [0.1, 0.15) is 0 Å². The molecular formula is C17H27N3O4S. The fraction of sp³-hybridized carbons (Fsp3) is 0.588. The van der Waals surface area contributed by atoms with Crippen LogP contribution >= 0.6 is 0 Å². The molecule has 0 bridgehead atoms. The predicted octanol–water partition coefficient (Wildman–Crippen LogP) is 1.28. The van der Waals surface area contributed by atoms with Crippen LogP contribution in [0.1, 0.15) is 20.8 Å². The van der Waals surface area contributed by atoms with Crippen molar-refractivity contribution in [2.75, 3.05) is 38.2 Å². The highest BCUT2D eigenvalue weighted by molar-refractivity contribution is 7.89. The van der Waals surface area contributed by atoms with Crippen LogP contribution in [0.25, 0.3) is 0 Å². The summed E-state index contributed by atoms with van der Waals surface area (Å²) in [6, 6.07) is 6.27. The Hall–Kier alpha value is -1.48. The number of nitrogens with one attached hydrogen (secondary N) is 2. The maximum Gasteiger partial charge on any atom is 0.240 e. The number of sulfonamides is 1. The first-order valence-electron chi connectivity index (χ1n) is 8.48. The number of nitrogens with zero attached hydrogens (tertiary/aromatic N) is 1. The Morgan fingerprint density at radius 2 is 1.80 bits per heavy atom. The first kappa shape index (κ1) is 19.8. The van der Waals surface area contributed by atoms with Crippen molar-refractivity contribution in [2.45, 2.75) is 31.7 Å². The lowest BCUT2D eigenvalue weighted by Crippen LogP contribution is -2.51. The second-order valence-corrected chi connectivity index (χ2v) is 8.28. The maximum absolute atomic E-state index is 12.5. The normalized spacial score (nSPS) is 17.4. The van der Waals surface area contributed by atoms with Crippen LogP contribution in [0, 0.1) is 5.92 Å². The van der Waals surface area contributed by atoms with E-state index in [9.17, 15) is 13.2 Å². The van der Waals surface area contributed by atoms with Gasteiger partial charge in [-0.05, 0) is 30.2 Å². The topological polar surface area (TPSA) is 87.7 Å². The van der Waals surface area contributed by atoms with E-state index in [1.165, 1.54) is 19.1 Å². The lowest BCUT2D eigenvalue weighted by Gasteiger charge is -2.36. The second-order valence-electron chi connectivity index (χ2n) is 6.52. The summed E-state index contributed by atoms with van der Waals surface area (Å²) in [6.07, 6.45) is 0. The van der Waals surface area contributed by atoms with Crippen molar-refractivity contribution < 1.29 is 17.9 Å². The van der Waals surface area contributed by atoms with Crippen molar-refractivity contribution in [2.24, 2.45) is 5.92 Å². The average Bonchev–Trinajstić information content (AvgIpc) is 2.55. The molecule has 2 N–H and O–H groups in total. The predicted molar refractivity (Wildman–Crippen MR) is 97.0 cm³/mol. The number of hydrogen-bond donors (Lipinski definition) is 2. The number of rotatable bonds is 7. The molecule has 25 heavy (non-hydrogen) atoms. The molecule has 0 saturated carbocycles. The quantitative estimate of drug-likeness (QED) is 0.756. The van der Waals surface area contributed by atoms with E-state index in [1.807, 2.05) is 0 Å². The summed E-state index contributed by atoms with van der Waals surface area (Å²) in [5, 5.41) is 2.62. The smallest absolute Gasteiger partial charge is 0.240 e. The van der Waals surface area contributed by atoms with Crippen LogP contribution in [0.5, 0.6) is 0 Å². The summed E-state index contributed by atoms with van der Waals surface area (Å²) in [5.41, 5.74) is 0.569. The van der Waals surface area contributed by atoms with Crippen LogP contribution in [0.3, 0.4) is 0 Å². The average molecular weight is 369 g/mol. The van der Waals surface area contributed by atoms with Crippen LogP contribution in [0.15, 0.2) is 29.2 Å². The van der Waals surface area contributed by atoms with E-state index in [1.54, 1.807) is 12.1 Å². The zero-order valence-corrected chi connectivity index (χ0v) is 15.8. The molecule has 7 nitrogen and oxygen atoms in total. The van der Waals surface area contributed by atoms with Gasteiger partial charge in [0.2, 0.25) is 15.9 Å². The van der Waals surface area contributed by atoms with Crippen LogP contribution < -0.4 is 10.0 Å². The molecule has 1 amide bonds. The number of carbonyl (C=O) groups excluding carboxylic acids is 1. The summed E-state index contributed by atoms with van der Waals surface area (Å²) < 4.78 is 33.2. The number of anilines is 1. The third-order valence-electron chi connectivity index (χ3n) is 4.25. The van der Waals surface area contributed by atoms with Gasteiger partial charge in [0.05, 0.1) is 18.1 Å². The van der Waals surface area contributed by atoms with E-state index in [2.05, 4.69) is 28.8 Å². The summed E-state index contributed by atoms with van der Waals surface area (Å²) >= 11 is 0. The second kappa shape index (κ2) is 8.75. The highest BCUT2D eigenvalue weighted by Gasteiger charge is 2.25. The van der Waals surface area contributed by atoms with Crippen molar-refractivity contribution in [3.8, 4) is 0 Å². The van der Waals surface area contributed by atoms with Gasteiger partial charge in [-0.25, -0.2) is 13.1 Å². The summed E-state index contributed by atoms with van der Waals surface area (Å²) in [4.78, 5) is 13.5. The molecule has 1 atom stereocenters. The number of morpholine rings is 1. The van der Waals surface area contributed by atoms with Gasteiger partial charge in [-0.15, -0.1) is 0 Å². The lowest BCUT2D eigenvalue weighted by atomic mass is 10.0. The zero-order chi connectivity index (χ0) is 18.4. The van der Waals surface area contributed by atoms with Gasteiger partial charge in [-0.1, -0.05) is 13.8 Å². The van der Waals surface area contributed by atoms with E-state index in [0.717, 1.165) is 13.1 Å². The first-order valence-corrected chi connectivity index (χ1v) is 9.97. The number of benzene rings is 1. The zero-order valence-electron chi connectivity index (χ0n) is 15.0. The Bertz CT molecular complexity index is 668. The molecular weight excluding hydrogens is 342 g/mol. The number of ether oxygens (including phenoxy) is 1. The molecule has 1 heterocycles. The molecule has 1 saturated heterocycles. The number of hydrogen-bond acceptors (Lipinski definition) is 5. The Morgan fingerprint density at radius 1 is 1.20 bits per heavy atom. The molecule has 0 spiro atoms.